The van der Waals surface area contributed by atoms with Crippen LogP contribution in [0.25, 0.3) is 22.1 Å². The van der Waals surface area contributed by atoms with Gasteiger partial charge in [-0.2, -0.15) is 0 Å². The van der Waals surface area contributed by atoms with Gasteiger partial charge in [0.25, 0.3) is 0 Å². The second-order valence-electron chi connectivity index (χ2n) is 7.38. The van der Waals surface area contributed by atoms with Crippen molar-refractivity contribution >= 4 is 28.0 Å². The molecule has 0 bridgehead atoms. The fourth-order valence-corrected chi connectivity index (χ4v) is 4.25. The molecule has 0 aliphatic carbocycles. The molecule has 27 heavy (non-hydrogen) atoms. The van der Waals surface area contributed by atoms with Crippen molar-refractivity contribution in [1.29, 1.82) is 0 Å². The number of aromatic nitrogens is 4. The number of hydrogen-bond acceptors (Lipinski definition) is 5. The van der Waals surface area contributed by atoms with Gasteiger partial charge >= 0.3 is 0 Å². The number of amides is 1. The molecule has 0 radical (unpaired) electrons. The van der Waals surface area contributed by atoms with Crippen molar-refractivity contribution in [2.45, 2.75) is 18.9 Å². The van der Waals surface area contributed by atoms with Crippen LogP contribution >= 0.6 is 0 Å². The number of imidazole rings is 1. The van der Waals surface area contributed by atoms with Crippen molar-refractivity contribution in [3.8, 4) is 0 Å². The Hall–Kier alpha value is -2.45. The van der Waals surface area contributed by atoms with Gasteiger partial charge in [0.15, 0.2) is 0 Å². The Labute approximate surface area is 157 Å². The third kappa shape index (κ3) is 3.08. The SMILES string of the molecule is O=C(CN1CCOCC1)N1CCC(n2cnc3cnc4[nH]ccc4c32)CC1. The Balaban J connectivity index is 1.28. The normalized spacial score (nSPS) is 19.9. The summed E-state index contributed by atoms with van der Waals surface area (Å²) >= 11 is 0. The molecule has 8 nitrogen and oxygen atoms in total. The summed E-state index contributed by atoms with van der Waals surface area (Å²) in [7, 11) is 0. The van der Waals surface area contributed by atoms with Crippen LogP contribution in [-0.2, 0) is 9.53 Å². The topological polar surface area (TPSA) is 79.3 Å². The molecule has 2 aliphatic heterocycles. The fourth-order valence-electron chi connectivity index (χ4n) is 4.25. The molecule has 142 valence electrons. The zero-order chi connectivity index (χ0) is 18.2. The van der Waals surface area contributed by atoms with Crippen LogP contribution in [0.2, 0.25) is 0 Å². The molecule has 3 aromatic heterocycles. The van der Waals surface area contributed by atoms with E-state index in [1.165, 1.54) is 0 Å². The van der Waals surface area contributed by atoms with E-state index in [2.05, 4.69) is 30.5 Å². The van der Waals surface area contributed by atoms with Gasteiger partial charge in [-0.3, -0.25) is 9.69 Å². The number of likely N-dealkylation sites (tertiary alicyclic amines) is 1. The van der Waals surface area contributed by atoms with Gasteiger partial charge in [0, 0.05) is 43.8 Å². The second kappa shape index (κ2) is 6.94. The largest absolute Gasteiger partial charge is 0.379 e. The van der Waals surface area contributed by atoms with Crippen molar-refractivity contribution in [3.05, 3.63) is 24.8 Å². The van der Waals surface area contributed by atoms with Gasteiger partial charge in [-0.25, -0.2) is 9.97 Å². The first-order valence-electron chi connectivity index (χ1n) is 9.66. The number of nitrogens with zero attached hydrogens (tertiary/aromatic N) is 5. The molecule has 5 rings (SSSR count). The number of hydrogen-bond donors (Lipinski definition) is 1. The number of carbonyl (C=O) groups excluding carboxylic acids is 1. The molecule has 0 atom stereocenters. The number of piperidine rings is 1. The molecule has 0 saturated carbocycles. The lowest BCUT2D eigenvalue weighted by Crippen LogP contribution is -2.47. The van der Waals surface area contributed by atoms with E-state index in [-0.39, 0.29) is 5.91 Å². The van der Waals surface area contributed by atoms with E-state index in [1.807, 2.05) is 23.6 Å². The summed E-state index contributed by atoms with van der Waals surface area (Å²) in [4.78, 5) is 29.0. The average Bonchev–Trinajstić information content (AvgIpc) is 3.35. The van der Waals surface area contributed by atoms with Gasteiger partial charge in [0.1, 0.15) is 11.2 Å². The first-order chi connectivity index (χ1) is 13.3. The summed E-state index contributed by atoms with van der Waals surface area (Å²) in [5, 5.41) is 1.11. The van der Waals surface area contributed by atoms with Gasteiger partial charge in [-0.15, -0.1) is 0 Å². The van der Waals surface area contributed by atoms with Crippen molar-refractivity contribution in [2.24, 2.45) is 0 Å². The molecule has 2 aliphatic rings. The van der Waals surface area contributed by atoms with Gasteiger partial charge < -0.3 is 19.2 Å². The summed E-state index contributed by atoms with van der Waals surface area (Å²) in [6, 6.07) is 2.42. The zero-order valence-electron chi connectivity index (χ0n) is 15.3. The fraction of sp³-hybridized carbons (Fsp3) is 0.526. The third-order valence-electron chi connectivity index (χ3n) is 5.79. The van der Waals surface area contributed by atoms with Crippen LogP contribution in [0.1, 0.15) is 18.9 Å². The first-order valence-corrected chi connectivity index (χ1v) is 9.66. The molecule has 2 fully saturated rings. The standard InChI is InChI=1S/C19H24N6O2/c26-17(12-23-7-9-27-10-8-23)24-5-2-14(3-6-24)25-13-22-16-11-21-19-15(18(16)25)1-4-20-19/h1,4,11,13-14H,2-3,5-10,12H2,(H,20,21). The maximum Gasteiger partial charge on any atom is 0.236 e. The van der Waals surface area contributed by atoms with E-state index in [4.69, 9.17) is 4.74 Å². The molecule has 1 N–H and O–H groups in total. The molecule has 3 aromatic rings. The van der Waals surface area contributed by atoms with Crippen molar-refractivity contribution in [2.75, 3.05) is 45.9 Å². The number of morpholine rings is 1. The number of pyridine rings is 1. The van der Waals surface area contributed by atoms with E-state index >= 15 is 0 Å². The molecular weight excluding hydrogens is 344 g/mol. The van der Waals surface area contributed by atoms with E-state index < -0.39 is 0 Å². The molecule has 0 aromatic carbocycles. The highest BCUT2D eigenvalue weighted by Crippen LogP contribution is 2.30. The Morgan fingerprint density at radius 1 is 1.19 bits per heavy atom. The van der Waals surface area contributed by atoms with Crippen LogP contribution in [0, 0.1) is 0 Å². The number of carbonyl (C=O) groups is 1. The predicted molar refractivity (Wildman–Crippen MR) is 101 cm³/mol. The molecule has 0 spiro atoms. The number of nitrogens with one attached hydrogen (secondary N) is 1. The van der Waals surface area contributed by atoms with Crippen molar-refractivity contribution in [1.82, 2.24) is 29.3 Å². The zero-order valence-corrected chi connectivity index (χ0v) is 15.3. The molecule has 8 heteroatoms. The monoisotopic (exact) mass is 368 g/mol. The molecule has 2 saturated heterocycles. The molecule has 1 amide bonds. The molecular formula is C19H24N6O2. The van der Waals surface area contributed by atoms with Crippen LogP contribution in [0.5, 0.6) is 0 Å². The number of rotatable bonds is 3. The Bertz CT molecular complexity index is 950. The predicted octanol–water partition coefficient (Wildman–Crippen LogP) is 1.41. The van der Waals surface area contributed by atoms with Gasteiger partial charge in [-0.1, -0.05) is 0 Å². The third-order valence-corrected chi connectivity index (χ3v) is 5.79. The highest BCUT2D eigenvalue weighted by Gasteiger charge is 2.26. The lowest BCUT2D eigenvalue weighted by molar-refractivity contribution is -0.134. The minimum Gasteiger partial charge on any atom is -0.379 e. The van der Waals surface area contributed by atoms with Crippen LogP contribution in [-0.4, -0.2) is 81.2 Å². The number of ether oxygens (including phenoxy) is 1. The van der Waals surface area contributed by atoms with Crippen LogP contribution < -0.4 is 0 Å². The summed E-state index contributed by atoms with van der Waals surface area (Å²) in [6.45, 7) is 5.27. The summed E-state index contributed by atoms with van der Waals surface area (Å²) in [6.07, 6.45) is 7.57. The van der Waals surface area contributed by atoms with Crippen molar-refractivity contribution in [3.63, 3.8) is 0 Å². The summed E-state index contributed by atoms with van der Waals surface area (Å²) < 4.78 is 7.63. The Kier molecular flexibility index (Phi) is 4.29. The first kappa shape index (κ1) is 16.7. The Morgan fingerprint density at radius 2 is 2.00 bits per heavy atom. The molecule has 0 unspecified atom stereocenters. The quantitative estimate of drug-likeness (QED) is 0.756. The van der Waals surface area contributed by atoms with E-state index in [9.17, 15) is 4.79 Å². The lowest BCUT2D eigenvalue weighted by Gasteiger charge is -2.35. The summed E-state index contributed by atoms with van der Waals surface area (Å²) in [5.74, 6) is 0.239. The molecule has 5 heterocycles. The Morgan fingerprint density at radius 3 is 2.81 bits per heavy atom. The number of aromatic amines is 1. The number of fused-ring (bicyclic) bond motifs is 3. The van der Waals surface area contributed by atoms with Crippen molar-refractivity contribution < 1.29 is 9.53 Å². The maximum absolute atomic E-state index is 12.6. The van der Waals surface area contributed by atoms with E-state index in [0.29, 0.717) is 12.6 Å². The lowest BCUT2D eigenvalue weighted by atomic mass is 10.0. The summed E-state index contributed by atoms with van der Waals surface area (Å²) in [5.41, 5.74) is 2.95. The highest BCUT2D eigenvalue weighted by molar-refractivity contribution is 6.00. The minimum atomic E-state index is 0.239. The van der Waals surface area contributed by atoms with Gasteiger partial charge in [0.2, 0.25) is 5.91 Å². The van der Waals surface area contributed by atoms with Crippen LogP contribution in [0.4, 0.5) is 0 Å². The highest BCUT2D eigenvalue weighted by atomic mass is 16.5. The average molecular weight is 368 g/mol. The van der Waals surface area contributed by atoms with Crippen LogP contribution in [0.3, 0.4) is 0 Å². The van der Waals surface area contributed by atoms with E-state index in [0.717, 1.165) is 74.3 Å². The van der Waals surface area contributed by atoms with E-state index in [1.54, 1.807) is 0 Å². The minimum absolute atomic E-state index is 0.239. The van der Waals surface area contributed by atoms with Crippen LogP contribution in [0.15, 0.2) is 24.8 Å². The van der Waals surface area contributed by atoms with Gasteiger partial charge in [-0.05, 0) is 18.9 Å². The smallest absolute Gasteiger partial charge is 0.236 e. The maximum atomic E-state index is 12.6. The van der Waals surface area contributed by atoms with Gasteiger partial charge in [0.05, 0.1) is 37.8 Å². The number of H-pyrrole nitrogens is 1. The second-order valence-corrected chi connectivity index (χ2v) is 7.38.